The van der Waals surface area contributed by atoms with Crippen molar-refractivity contribution in [3.8, 4) is 5.88 Å². The third-order valence-corrected chi connectivity index (χ3v) is 2.35. The molecule has 0 amide bonds. The predicted molar refractivity (Wildman–Crippen MR) is 53.4 cm³/mol. The lowest BCUT2D eigenvalue weighted by molar-refractivity contribution is 0.0682. The number of aromatic carboxylic acids is 1. The predicted octanol–water partition coefficient (Wildman–Crippen LogP) is 0.590. The van der Waals surface area contributed by atoms with E-state index in [1.54, 1.807) is 0 Å². The number of carboxylic acid groups (broad SMARTS) is 1. The van der Waals surface area contributed by atoms with Gasteiger partial charge in [0.15, 0.2) is 0 Å². The van der Waals surface area contributed by atoms with Gasteiger partial charge in [-0.3, -0.25) is 0 Å². The number of ether oxygens (including phenoxy) is 2. The summed E-state index contributed by atoms with van der Waals surface area (Å²) in [5, 5.41) is 8.85. The molecule has 16 heavy (non-hydrogen) atoms. The number of rotatable bonds is 4. The fourth-order valence-electron chi connectivity index (χ4n) is 1.49. The van der Waals surface area contributed by atoms with Crippen molar-refractivity contribution in [2.75, 3.05) is 19.8 Å². The van der Waals surface area contributed by atoms with Crippen LogP contribution in [0.3, 0.4) is 0 Å². The van der Waals surface area contributed by atoms with E-state index in [9.17, 15) is 4.79 Å². The molecular formula is C10H12N2O4. The van der Waals surface area contributed by atoms with Crippen LogP contribution in [0.1, 0.15) is 16.9 Å². The summed E-state index contributed by atoms with van der Waals surface area (Å²) < 4.78 is 10.5. The molecule has 1 unspecified atom stereocenters. The molecule has 0 aromatic carbocycles. The van der Waals surface area contributed by atoms with Crippen molar-refractivity contribution in [3.05, 3.63) is 18.1 Å². The van der Waals surface area contributed by atoms with Gasteiger partial charge in [0.1, 0.15) is 0 Å². The average molecular weight is 224 g/mol. The monoisotopic (exact) mass is 224 g/mol. The molecule has 2 heterocycles. The smallest absolute Gasteiger partial charge is 0.360 e. The summed E-state index contributed by atoms with van der Waals surface area (Å²) in [6, 6.07) is 0. The van der Waals surface area contributed by atoms with E-state index in [2.05, 4.69) is 9.97 Å². The molecule has 6 nitrogen and oxygen atoms in total. The Balaban J connectivity index is 2.00. The Kier molecular flexibility index (Phi) is 3.31. The molecule has 1 aromatic heterocycles. The first-order valence-electron chi connectivity index (χ1n) is 5.02. The first kappa shape index (κ1) is 10.8. The molecule has 0 aliphatic carbocycles. The first-order valence-corrected chi connectivity index (χ1v) is 5.02. The zero-order valence-electron chi connectivity index (χ0n) is 8.63. The summed E-state index contributed by atoms with van der Waals surface area (Å²) in [5.74, 6) is -0.753. The van der Waals surface area contributed by atoms with Crippen LogP contribution in [-0.2, 0) is 4.74 Å². The molecule has 2 rings (SSSR count). The summed E-state index contributed by atoms with van der Waals surface area (Å²) in [5.41, 5.74) is -0.151. The van der Waals surface area contributed by atoms with E-state index in [0.717, 1.165) is 13.0 Å². The van der Waals surface area contributed by atoms with Crippen molar-refractivity contribution >= 4 is 5.97 Å². The lowest BCUT2D eigenvalue weighted by Crippen LogP contribution is -2.15. The molecule has 0 radical (unpaired) electrons. The second-order valence-corrected chi connectivity index (χ2v) is 3.56. The van der Waals surface area contributed by atoms with Gasteiger partial charge in [0, 0.05) is 24.9 Å². The Morgan fingerprint density at radius 2 is 2.38 bits per heavy atom. The lowest BCUT2D eigenvalue weighted by atomic mass is 10.1. The normalized spacial score (nSPS) is 19.6. The maximum Gasteiger partial charge on any atom is 0.360 e. The zero-order chi connectivity index (χ0) is 11.4. The third-order valence-electron chi connectivity index (χ3n) is 2.35. The third kappa shape index (κ3) is 2.46. The molecule has 6 heteroatoms. The molecule has 0 spiro atoms. The van der Waals surface area contributed by atoms with Crippen molar-refractivity contribution < 1.29 is 19.4 Å². The van der Waals surface area contributed by atoms with Gasteiger partial charge in [0.25, 0.3) is 0 Å². The molecule has 1 saturated heterocycles. The minimum atomic E-state index is -1.13. The van der Waals surface area contributed by atoms with Gasteiger partial charge in [0.05, 0.1) is 13.2 Å². The van der Waals surface area contributed by atoms with Crippen molar-refractivity contribution in [3.63, 3.8) is 0 Å². The number of carbonyl (C=O) groups is 1. The molecule has 1 aliphatic rings. The second-order valence-electron chi connectivity index (χ2n) is 3.56. The van der Waals surface area contributed by atoms with Crippen LogP contribution in [0.2, 0.25) is 0 Å². The maximum absolute atomic E-state index is 10.8. The van der Waals surface area contributed by atoms with Crippen molar-refractivity contribution in [1.29, 1.82) is 0 Å². The van der Waals surface area contributed by atoms with Crippen LogP contribution in [0.4, 0.5) is 0 Å². The quantitative estimate of drug-likeness (QED) is 0.806. The topological polar surface area (TPSA) is 81.5 Å². The van der Waals surface area contributed by atoms with Gasteiger partial charge >= 0.3 is 5.97 Å². The van der Waals surface area contributed by atoms with Gasteiger partial charge in [-0.15, -0.1) is 0 Å². The molecule has 1 N–H and O–H groups in total. The number of hydrogen-bond donors (Lipinski definition) is 1. The molecule has 1 atom stereocenters. The average Bonchev–Trinajstić information content (AvgIpc) is 2.79. The van der Waals surface area contributed by atoms with E-state index < -0.39 is 5.97 Å². The minimum Gasteiger partial charge on any atom is -0.476 e. The van der Waals surface area contributed by atoms with E-state index in [0.29, 0.717) is 19.1 Å². The fraction of sp³-hybridized carbons (Fsp3) is 0.500. The molecule has 1 aromatic rings. The van der Waals surface area contributed by atoms with Crippen LogP contribution in [0.15, 0.2) is 12.4 Å². The zero-order valence-corrected chi connectivity index (χ0v) is 8.63. The Morgan fingerprint density at radius 1 is 1.56 bits per heavy atom. The van der Waals surface area contributed by atoms with E-state index >= 15 is 0 Å². The van der Waals surface area contributed by atoms with Crippen molar-refractivity contribution in [2.24, 2.45) is 5.92 Å². The lowest BCUT2D eigenvalue weighted by Gasteiger charge is -2.10. The molecule has 1 fully saturated rings. The Bertz CT molecular complexity index is 377. The SMILES string of the molecule is O=C(O)c1nccnc1OCC1CCOC1. The molecule has 1 aliphatic heterocycles. The van der Waals surface area contributed by atoms with E-state index in [1.807, 2.05) is 0 Å². The van der Waals surface area contributed by atoms with Crippen LogP contribution >= 0.6 is 0 Å². The van der Waals surface area contributed by atoms with E-state index in [4.69, 9.17) is 14.6 Å². The molecule has 86 valence electrons. The highest BCUT2D eigenvalue weighted by molar-refractivity contribution is 5.87. The molecule has 0 bridgehead atoms. The maximum atomic E-state index is 10.8. The standard InChI is InChI=1S/C10H12N2O4/c13-10(14)8-9(12-3-2-11-8)16-6-7-1-4-15-5-7/h2-3,7H,1,4-6H2,(H,13,14). The highest BCUT2D eigenvalue weighted by Crippen LogP contribution is 2.16. The first-order chi connectivity index (χ1) is 7.77. The summed E-state index contributed by atoms with van der Waals surface area (Å²) in [7, 11) is 0. The summed E-state index contributed by atoms with van der Waals surface area (Å²) >= 11 is 0. The van der Waals surface area contributed by atoms with Crippen LogP contribution < -0.4 is 4.74 Å². The van der Waals surface area contributed by atoms with Crippen molar-refractivity contribution in [2.45, 2.75) is 6.42 Å². The highest BCUT2D eigenvalue weighted by atomic mass is 16.5. The number of nitrogens with zero attached hydrogens (tertiary/aromatic N) is 2. The van der Waals surface area contributed by atoms with Gasteiger partial charge in [-0.25, -0.2) is 14.8 Å². The van der Waals surface area contributed by atoms with Gasteiger partial charge in [0.2, 0.25) is 11.6 Å². The Morgan fingerprint density at radius 3 is 3.06 bits per heavy atom. The van der Waals surface area contributed by atoms with Gasteiger partial charge in [-0.1, -0.05) is 0 Å². The number of hydrogen-bond acceptors (Lipinski definition) is 5. The fourth-order valence-corrected chi connectivity index (χ4v) is 1.49. The van der Waals surface area contributed by atoms with E-state index in [-0.39, 0.29) is 11.6 Å². The minimum absolute atomic E-state index is 0.0712. The number of carboxylic acids is 1. The van der Waals surface area contributed by atoms with E-state index in [1.165, 1.54) is 12.4 Å². The highest BCUT2D eigenvalue weighted by Gasteiger charge is 2.19. The summed E-state index contributed by atoms with van der Waals surface area (Å²) in [6.07, 6.45) is 3.67. The van der Waals surface area contributed by atoms with Crippen molar-refractivity contribution in [1.82, 2.24) is 9.97 Å². The van der Waals surface area contributed by atoms with Gasteiger partial charge < -0.3 is 14.6 Å². The summed E-state index contributed by atoms with van der Waals surface area (Å²) in [4.78, 5) is 18.4. The van der Waals surface area contributed by atoms with Gasteiger partial charge in [-0.2, -0.15) is 0 Å². The molecule has 0 saturated carbocycles. The Hall–Kier alpha value is -1.69. The Labute approximate surface area is 92.2 Å². The van der Waals surface area contributed by atoms with Crippen LogP contribution in [0.25, 0.3) is 0 Å². The van der Waals surface area contributed by atoms with Crippen LogP contribution in [0, 0.1) is 5.92 Å². The number of aromatic nitrogens is 2. The van der Waals surface area contributed by atoms with Gasteiger partial charge in [-0.05, 0) is 6.42 Å². The molecular weight excluding hydrogens is 212 g/mol. The summed E-state index contributed by atoms with van der Waals surface area (Å²) in [6.45, 7) is 1.81. The van der Waals surface area contributed by atoms with Crippen LogP contribution in [-0.4, -0.2) is 40.9 Å². The van der Waals surface area contributed by atoms with Crippen LogP contribution in [0.5, 0.6) is 5.88 Å². The largest absolute Gasteiger partial charge is 0.476 e. The second kappa shape index (κ2) is 4.89.